The fraction of sp³-hybridized carbons (Fsp3) is 0.375. The number of benzene rings is 2. The Balaban J connectivity index is 1.34. The minimum absolute atomic E-state index is 0.0396. The number of aryl methyl sites for hydroxylation is 1. The van der Waals surface area contributed by atoms with Crippen LogP contribution in [-0.2, 0) is 9.59 Å². The number of imide groups is 1. The maximum Gasteiger partial charge on any atom is 0.336 e. The van der Waals surface area contributed by atoms with Crippen LogP contribution in [0.1, 0.15) is 25.3 Å². The number of likely N-dealkylation sites (tertiary alicyclic amines) is 1. The second-order valence-corrected chi connectivity index (χ2v) is 8.47. The quantitative estimate of drug-likeness (QED) is 0.726. The Bertz CT molecular complexity index is 953. The lowest BCUT2D eigenvalue weighted by atomic mass is 9.96. The number of hydrogen-bond acceptors (Lipinski definition) is 3. The molecule has 2 N–H and O–H groups in total. The first-order valence-electron chi connectivity index (χ1n) is 10.8. The van der Waals surface area contributed by atoms with Gasteiger partial charge in [0.15, 0.2) is 6.67 Å². The molecule has 2 saturated heterocycles. The van der Waals surface area contributed by atoms with Crippen molar-refractivity contribution in [2.75, 3.05) is 30.0 Å². The number of carbonyl (C=O) groups excluding carboxylic acids is 3. The number of urea groups is 1. The Morgan fingerprint density at radius 3 is 2.32 bits per heavy atom. The molecule has 0 aromatic heterocycles. The van der Waals surface area contributed by atoms with Crippen molar-refractivity contribution in [2.24, 2.45) is 5.92 Å². The summed E-state index contributed by atoms with van der Waals surface area (Å²) >= 11 is 0. The van der Waals surface area contributed by atoms with Crippen LogP contribution >= 0.6 is 0 Å². The molecule has 162 valence electrons. The topological polar surface area (TPSA) is 74.2 Å². The molecule has 4 rings (SSSR count). The first-order chi connectivity index (χ1) is 14.9. The van der Waals surface area contributed by atoms with Crippen LogP contribution in [0.25, 0.3) is 0 Å². The van der Waals surface area contributed by atoms with Gasteiger partial charge in [-0.1, -0.05) is 35.9 Å². The molecule has 2 heterocycles. The van der Waals surface area contributed by atoms with Gasteiger partial charge < -0.3 is 10.2 Å². The molecular weight excluding hydrogens is 392 g/mol. The largest absolute Gasteiger partial charge is 0.336 e. The number of nitrogens with zero attached hydrogens (tertiary/aromatic N) is 2. The fourth-order valence-corrected chi connectivity index (χ4v) is 4.35. The molecule has 0 unspecified atom stereocenters. The summed E-state index contributed by atoms with van der Waals surface area (Å²) in [6.45, 7) is 5.61. The van der Waals surface area contributed by atoms with Crippen molar-refractivity contribution in [3.8, 4) is 0 Å². The van der Waals surface area contributed by atoms with Crippen molar-refractivity contribution in [1.29, 1.82) is 0 Å². The van der Waals surface area contributed by atoms with Gasteiger partial charge in [0, 0.05) is 30.1 Å². The highest BCUT2D eigenvalue weighted by molar-refractivity contribution is 6.13. The monoisotopic (exact) mass is 421 g/mol. The van der Waals surface area contributed by atoms with Crippen LogP contribution in [0.4, 0.5) is 16.2 Å². The Labute approximate surface area is 182 Å². The predicted molar refractivity (Wildman–Crippen MR) is 119 cm³/mol. The van der Waals surface area contributed by atoms with Crippen LogP contribution < -0.4 is 15.1 Å². The number of quaternary nitrogens is 1. The molecule has 0 spiro atoms. The molecule has 2 aliphatic heterocycles. The number of para-hydroxylation sites is 1. The second kappa shape index (κ2) is 8.89. The number of hydrogen-bond donors (Lipinski definition) is 2. The minimum atomic E-state index is -0.510. The van der Waals surface area contributed by atoms with Crippen LogP contribution in [0, 0.1) is 12.8 Å². The fourth-order valence-electron chi connectivity index (χ4n) is 4.35. The van der Waals surface area contributed by atoms with E-state index in [4.69, 9.17) is 0 Å². The molecule has 0 aliphatic carbocycles. The number of amides is 4. The molecule has 0 bridgehead atoms. The van der Waals surface area contributed by atoms with E-state index in [0.29, 0.717) is 6.67 Å². The molecule has 2 aromatic carbocycles. The molecule has 2 fully saturated rings. The van der Waals surface area contributed by atoms with Crippen molar-refractivity contribution >= 4 is 29.2 Å². The molecule has 4 amide bonds. The van der Waals surface area contributed by atoms with E-state index in [1.807, 2.05) is 61.5 Å². The summed E-state index contributed by atoms with van der Waals surface area (Å²) in [4.78, 5) is 42.5. The highest BCUT2D eigenvalue weighted by atomic mass is 16.2. The summed E-state index contributed by atoms with van der Waals surface area (Å²) in [5, 5.41) is 2.97. The standard InChI is InChI=1S/C24H28N4O3/c1-17-8-10-21(11-9-17)28-18(2)23(30)27(24(28)31)16-26-14-12-19(13-15-26)22(29)25-20-6-4-3-5-7-20/h3-11,18-19H,12-16H2,1-2H3,(H,25,29)/p+1/t18-/m0/s1. The maximum atomic E-state index is 13.0. The number of carbonyl (C=O) groups is 3. The highest BCUT2D eigenvalue weighted by Crippen LogP contribution is 2.25. The Kier molecular flexibility index (Phi) is 6.04. The van der Waals surface area contributed by atoms with Crippen molar-refractivity contribution in [3.05, 3.63) is 60.2 Å². The average Bonchev–Trinajstić information content (AvgIpc) is 2.99. The van der Waals surface area contributed by atoms with E-state index >= 15 is 0 Å². The zero-order chi connectivity index (χ0) is 22.0. The number of nitrogens with one attached hydrogen (secondary N) is 2. The van der Waals surface area contributed by atoms with Crippen LogP contribution in [0.3, 0.4) is 0 Å². The number of anilines is 2. The van der Waals surface area contributed by atoms with Crippen LogP contribution in [0.5, 0.6) is 0 Å². The van der Waals surface area contributed by atoms with E-state index in [1.54, 1.807) is 11.8 Å². The first kappa shape index (κ1) is 21.1. The Hall–Kier alpha value is -3.19. The van der Waals surface area contributed by atoms with Gasteiger partial charge in [0.1, 0.15) is 6.04 Å². The second-order valence-electron chi connectivity index (χ2n) is 8.47. The molecule has 0 saturated carbocycles. The van der Waals surface area contributed by atoms with E-state index < -0.39 is 6.04 Å². The molecule has 7 nitrogen and oxygen atoms in total. The Morgan fingerprint density at radius 2 is 1.68 bits per heavy atom. The molecule has 1 atom stereocenters. The summed E-state index contributed by atoms with van der Waals surface area (Å²) in [5.41, 5.74) is 2.65. The third-order valence-corrected chi connectivity index (χ3v) is 6.25. The van der Waals surface area contributed by atoms with E-state index in [2.05, 4.69) is 5.32 Å². The van der Waals surface area contributed by atoms with E-state index in [0.717, 1.165) is 47.8 Å². The van der Waals surface area contributed by atoms with Crippen LogP contribution in [-0.4, -0.2) is 48.5 Å². The lowest BCUT2D eigenvalue weighted by Gasteiger charge is -2.30. The smallest absolute Gasteiger partial charge is 0.326 e. The minimum Gasteiger partial charge on any atom is -0.326 e. The summed E-state index contributed by atoms with van der Waals surface area (Å²) < 4.78 is 0. The molecule has 7 heteroatoms. The molecule has 0 radical (unpaired) electrons. The molecular formula is C24H29N4O3+. The average molecular weight is 422 g/mol. The highest BCUT2D eigenvalue weighted by Gasteiger charge is 2.45. The summed E-state index contributed by atoms with van der Waals surface area (Å²) in [6.07, 6.45) is 1.48. The van der Waals surface area contributed by atoms with Crippen LogP contribution in [0.15, 0.2) is 54.6 Å². The van der Waals surface area contributed by atoms with E-state index in [1.165, 1.54) is 4.90 Å². The molecule has 2 aromatic rings. The van der Waals surface area contributed by atoms with Gasteiger partial charge in [-0.05, 0) is 38.1 Å². The summed E-state index contributed by atoms with van der Waals surface area (Å²) in [7, 11) is 0. The molecule has 2 aliphatic rings. The van der Waals surface area contributed by atoms with Crippen molar-refractivity contribution in [3.63, 3.8) is 0 Å². The van der Waals surface area contributed by atoms with Gasteiger partial charge in [-0.25, -0.2) is 9.69 Å². The SMILES string of the molecule is Cc1ccc(N2C(=O)N(C[NH+]3CCC(C(=O)Nc4ccccc4)CC3)C(=O)[C@@H]2C)cc1. The van der Waals surface area contributed by atoms with Gasteiger partial charge in [0.2, 0.25) is 5.91 Å². The molecule has 31 heavy (non-hydrogen) atoms. The van der Waals surface area contributed by atoms with Gasteiger partial charge in [-0.2, -0.15) is 0 Å². The summed E-state index contributed by atoms with van der Waals surface area (Å²) in [5.74, 6) is -0.170. The van der Waals surface area contributed by atoms with Crippen molar-refractivity contribution in [2.45, 2.75) is 32.7 Å². The van der Waals surface area contributed by atoms with E-state index in [9.17, 15) is 14.4 Å². The Morgan fingerprint density at radius 1 is 1.03 bits per heavy atom. The third-order valence-electron chi connectivity index (χ3n) is 6.25. The zero-order valence-electron chi connectivity index (χ0n) is 18.0. The van der Waals surface area contributed by atoms with Crippen molar-refractivity contribution < 1.29 is 19.3 Å². The predicted octanol–water partition coefficient (Wildman–Crippen LogP) is 2.04. The number of rotatable bonds is 5. The maximum absolute atomic E-state index is 13.0. The third kappa shape index (κ3) is 4.46. The lowest BCUT2D eigenvalue weighted by molar-refractivity contribution is -0.912. The van der Waals surface area contributed by atoms with E-state index in [-0.39, 0.29) is 23.8 Å². The van der Waals surface area contributed by atoms with Gasteiger partial charge in [-0.3, -0.25) is 14.5 Å². The van der Waals surface area contributed by atoms with Gasteiger partial charge >= 0.3 is 6.03 Å². The van der Waals surface area contributed by atoms with Crippen LogP contribution in [0.2, 0.25) is 0 Å². The van der Waals surface area contributed by atoms with Crippen molar-refractivity contribution in [1.82, 2.24) is 4.90 Å². The normalized spacial score (nSPS) is 23.9. The number of piperidine rings is 1. The van der Waals surface area contributed by atoms with Gasteiger partial charge in [-0.15, -0.1) is 0 Å². The zero-order valence-corrected chi connectivity index (χ0v) is 18.0. The van der Waals surface area contributed by atoms with Gasteiger partial charge in [0.05, 0.1) is 13.1 Å². The van der Waals surface area contributed by atoms with Gasteiger partial charge in [0.25, 0.3) is 5.91 Å². The first-order valence-corrected chi connectivity index (χ1v) is 10.8. The summed E-state index contributed by atoms with van der Waals surface area (Å²) in [6, 6.07) is 16.3. The lowest BCUT2D eigenvalue weighted by Crippen LogP contribution is -3.14.